The van der Waals surface area contributed by atoms with Crippen molar-refractivity contribution in [1.29, 1.82) is 0 Å². The van der Waals surface area contributed by atoms with Crippen LogP contribution in [-0.2, 0) is 9.59 Å². The van der Waals surface area contributed by atoms with Crippen molar-refractivity contribution in [2.24, 2.45) is 0 Å². The van der Waals surface area contributed by atoms with Gasteiger partial charge in [-0.3, -0.25) is 9.59 Å². The molecule has 0 radical (unpaired) electrons. The number of hydrogen-bond donors (Lipinski definition) is 1. The third kappa shape index (κ3) is 5.94. The van der Waals surface area contributed by atoms with Gasteiger partial charge in [-0.1, -0.05) is 0 Å². The number of aliphatic carboxylic acids is 1. The van der Waals surface area contributed by atoms with Crippen molar-refractivity contribution in [3.63, 3.8) is 0 Å². The molecule has 1 amide bonds. The lowest BCUT2D eigenvalue weighted by Crippen LogP contribution is -2.34. The van der Waals surface area contributed by atoms with Crippen molar-refractivity contribution < 1.29 is 27.9 Å². The molecule has 0 heterocycles. The Bertz CT molecular complexity index is 214. The van der Waals surface area contributed by atoms with Gasteiger partial charge in [-0.25, -0.2) is 0 Å². The van der Waals surface area contributed by atoms with E-state index in [1.807, 2.05) is 0 Å². The molecule has 0 aromatic heterocycles. The smallest absolute Gasteiger partial charge is 0.397 e. The third-order valence-electron chi connectivity index (χ3n) is 1.15. The molecule has 7 heteroatoms. The van der Waals surface area contributed by atoms with Crippen molar-refractivity contribution in [1.82, 2.24) is 4.90 Å². The molecule has 0 aliphatic rings. The average Bonchev–Trinajstić information content (AvgIpc) is 1.81. The SMILES string of the molecule is CN(CC(=O)O)C(=O)CC(F)(F)F. The van der Waals surface area contributed by atoms with Crippen LogP contribution in [0.3, 0.4) is 0 Å². The Labute approximate surface area is 71.9 Å². The second-order valence-electron chi connectivity index (χ2n) is 2.44. The zero-order valence-electron chi connectivity index (χ0n) is 6.76. The maximum atomic E-state index is 11.6. The van der Waals surface area contributed by atoms with E-state index in [-0.39, 0.29) is 0 Å². The maximum Gasteiger partial charge on any atom is 0.397 e. The summed E-state index contributed by atoms with van der Waals surface area (Å²) >= 11 is 0. The van der Waals surface area contributed by atoms with Crippen LogP contribution in [-0.4, -0.2) is 41.7 Å². The molecule has 76 valence electrons. The van der Waals surface area contributed by atoms with E-state index in [0.29, 0.717) is 4.90 Å². The highest BCUT2D eigenvalue weighted by Gasteiger charge is 2.32. The molecule has 0 saturated carbocycles. The number of likely N-dealkylation sites (N-methyl/N-ethyl adjacent to an activating group) is 1. The van der Waals surface area contributed by atoms with Crippen LogP contribution in [0.15, 0.2) is 0 Å². The Morgan fingerprint density at radius 2 is 1.85 bits per heavy atom. The van der Waals surface area contributed by atoms with Crippen molar-refractivity contribution in [2.75, 3.05) is 13.6 Å². The van der Waals surface area contributed by atoms with Gasteiger partial charge in [-0.2, -0.15) is 13.2 Å². The molecule has 0 unspecified atom stereocenters. The molecule has 0 bridgehead atoms. The summed E-state index contributed by atoms with van der Waals surface area (Å²) in [5.74, 6) is -2.60. The first-order valence-electron chi connectivity index (χ1n) is 3.25. The number of carboxylic acids is 1. The Balaban J connectivity index is 4.05. The lowest BCUT2D eigenvalue weighted by molar-refractivity contribution is -0.163. The minimum atomic E-state index is -4.59. The maximum absolute atomic E-state index is 11.6. The van der Waals surface area contributed by atoms with E-state index in [9.17, 15) is 22.8 Å². The first-order valence-corrected chi connectivity index (χ1v) is 3.25. The summed E-state index contributed by atoms with van der Waals surface area (Å²) in [7, 11) is 1.00. The zero-order chi connectivity index (χ0) is 10.6. The summed E-state index contributed by atoms with van der Waals surface area (Å²) in [6.07, 6.45) is -6.22. The minimum Gasteiger partial charge on any atom is -0.480 e. The number of hydrogen-bond acceptors (Lipinski definition) is 2. The first-order chi connectivity index (χ1) is 5.72. The highest BCUT2D eigenvalue weighted by molar-refractivity contribution is 5.81. The topological polar surface area (TPSA) is 57.6 Å². The van der Waals surface area contributed by atoms with E-state index >= 15 is 0 Å². The molecule has 0 fully saturated rings. The van der Waals surface area contributed by atoms with Crippen molar-refractivity contribution in [3.8, 4) is 0 Å². The molecule has 0 aliphatic heterocycles. The fraction of sp³-hybridized carbons (Fsp3) is 0.667. The third-order valence-corrected chi connectivity index (χ3v) is 1.15. The van der Waals surface area contributed by atoms with Gasteiger partial charge in [-0.05, 0) is 0 Å². The fourth-order valence-corrected chi connectivity index (χ4v) is 0.597. The molecular formula is C6H8F3NO3. The minimum absolute atomic E-state index is 0.510. The number of amides is 1. The molecule has 0 atom stereocenters. The van der Waals surface area contributed by atoms with Crippen LogP contribution < -0.4 is 0 Å². The molecule has 0 aromatic carbocycles. The number of rotatable bonds is 3. The molecule has 0 rings (SSSR count). The molecule has 0 aromatic rings. The number of carboxylic acid groups (broad SMARTS) is 1. The van der Waals surface area contributed by atoms with Crippen molar-refractivity contribution >= 4 is 11.9 Å². The van der Waals surface area contributed by atoms with E-state index in [2.05, 4.69) is 0 Å². The highest BCUT2D eigenvalue weighted by atomic mass is 19.4. The second-order valence-corrected chi connectivity index (χ2v) is 2.44. The van der Waals surface area contributed by atoms with Gasteiger partial charge in [0, 0.05) is 7.05 Å². The summed E-state index contributed by atoms with van der Waals surface area (Å²) in [6.45, 7) is -0.727. The lowest BCUT2D eigenvalue weighted by atomic mass is 10.3. The predicted octanol–water partition coefficient (Wildman–Crippen LogP) is 0.482. The molecule has 0 aliphatic carbocycles. The molecule has 4 nitrogen and oxygen atoms in total. The van der Waals surface area contributed by atoms with Crippen molar-refractivity contribution in [2.45, 2.75) is 12.6 Å². The van der Waals surface area contributed by atoms with Crippen molar-refractivity contribution in [3.05, 3.63) is 0 Å². The van der Waals surface area contributed by atoms with Gasteiger partial charge < -0.3 is 10.0 Å². The van der Waals surface area contributed by atoms with Crippen LogP contribution in [0.5, 0.6) is 0 Å². The van der Waals surface area contributed by atoms with Crippen LogP contribution in [0.2, 0.25) is 0 Å². The monoisotopic (exact) mass is 199 g/mol. The van der Waals surface area contributed by atoms with Crippen LogP contribution in [0.4, 0.5) is 13.2 Å². The second kappa shape index (κ2) is 4.11. The highest BCUT2D eigenvalue weighted by Crippen LogP contribution is 2.20. The molecule has 13 heavy (non-hydrogen) atoms. The molecule has 0 spiro atoms. The Morgan fingerprint density at radius 3 is 2.15 bits per heavy atom. The number of carbonyl (C=O) groups excluding carboxylic acids is 1. The zero-order valence-corrected chi connectivity index (χ0v) is 6.76. The molecule has 1 N–H and O–H groups in total. The first kappa shape index (κ1) is 11.7. The summed E-state index contributed by atoms with van der Waals surface area (Å²) in [6, 6.07) is 0. The standard InChI is InChI=1S/C6H8F3NO3/c1-10(3-5(12)13)4(11)2-6(7,8)9/h2-3H2,1H3,(H,12,13). The largest absolute Gasteiger partial charge is 0.480 e. The van der Waals surface area contributed by atoms with Gasteiger partial charge in [0.25, 0.3) is 0 Å². The number of halogens is 3. The molecular weight excluding hydrogens is 191 g/mol. The Hall–Kier alpha value is -1.27. The summed E-state index contributed by atoms with van der Waals surface area (Å²) in [5.41, 5.74) is 0. The lowest BCUT2D eigenvalue weighted by Gasteiger charge is -2.15. The van der Waals surface area contributed by atoms with E-state index in [4.69, 9.17) is 5.11 Å². The average molecular weight is 199 g/mol. The summed E-state index contributed by atoms with van der Waals surface area (Å²) in [4.78, 5) is 21.2. The Kier molecular flexibility index (Phi) is 3.70. The number of carbonyl (C=O) groups is 2. The summed E-state index contributed by atoms with van der Waals surface area (Å²) < 4.78 is 34.8. The van der Waals surface area contributed by atoms with E-state index in [0.717, 1.165) is 7.05 Å². The normalized spacial score (nSPS) is 11.1. The van der Waals surface area contributed by atoms with E-state index in [1.54, 1.807) is 0 Å². The summed E-state index contributed by atoms with van der Waals surface area (Å²) in [5, 5.41) is 8.16. The van der Waals surface area contributed by atoms with E-state index < -0.39 is 31.0 Å². The molecule has 0 saturated heterocycles. The quantitative estimate of drug-likeness (QED) is 0.719. The van der Waals surface area contributed by atoms with Gasteiger partial charge in [0.05, 0.1) is 0 Å². The van der Waals surface area contributed by atoms with Crippen LogP contribution in [0, 0.1) is 0 Å². The van der Waals surface area contributed by atoms with Crippen LogP contribution >= 0.6 is 0 Å². The fourth-order valence-electron chi connectivity index (χ4n) is 0.597. The number of alkyl halides is 3. The van der Waals surface area contributed by atoms with Crippen LogP contribution in [0.25, 0.3) is 0 Å². The van der Waals surface area contributed by atoms with Gasteiger partial charge in [0.2, 0.25) is 5.91 Å². The van der Waals surface area contributed by atoms with Gasteiger partial charge >= 0.3 is 12.1 Å². The number of nitrogens with zero attached hydrogens (tertiary/aromatic N) is 1. The van der Waals surface area contributed by atoms with Crippen LogP contribution in [0.1, 0.15) is 6.42 Å². The van der Waals surface area contributed by atoms with Gasteiger partial charge in [-0.15, -0.1) is 0 Å². The Morgan fingerprint density at radius 1 is 1.38 bits per heavy atom. The van der Waals surface area contributed by atoms with Gasteiger partial charge in [0.15, 0.2) is 0 Å². The van der Waals surface area contributed by atoms with E-state index in [1.165, 1.54) is 0 Å². The van der Waals surface area contributed by atoms with Gasteiger partial charge in [0.1, 0.15) is 13.0 Å². The predicted molar refractivity (Wildman–Crippen MR) is 35.9 cm³/mol.